The lowest BCUT2D eigenvalue weighted by atomic mass is 9.97. The molecule has 0 aliphatic heterocycles. The van der Waals surface area contributed by atoms with E-state index >= 15 is 0 Å². The highest BCUT2D eigenvalue weighted by atomic mass is 79.9. The maximum Gasteiger partial charge on any atom is 0.131 e. The van der Waals surface area contributed by atoms with E-state index in [1.54, 1.807) is 25.3 Å². The van der Waals surface area contributed by atoms with Crippen molar-refractivity contribution in [2.45, 2.75) is 13.0 Å². The number of benzene rings is 2. The van der Waals surface area contributed by atoms with Crippen LogP contribution >= 0.6 is 15.9 Å². The van der Waals surface area contributed by atoms with Crippen molar-refractivity contribution in [1.82, 2.24) is 5.32 Å². The molecular weight excluding hydrogens is 340 g/mol. The van der Waals surface area contributed by atoms with Gasteiger partial charge < -0.3 is 10.1 Å². The van der Waals surface area contributed by atoms with E-state index in [1.165, 1.54) is 18.2 Å². The Labute approximate surface area is 131 Å². The molecule has 0 spiro atoms. The molecule has 21 heavy (non-hydrogen) atoms. The van der Waals surface area contributed by atoms with Crippen LogP contribution in [0.4, 0.5) is 8.78 Å². The summed E-state index contributed by atoms with van der Waals surface area (Å²) in [5.41, 5.74) is 0.770. The molecule has 0 aromatic heterocycles. The van der Waals surface area contributed by atoms with Gasteiger partial charge in [-0.25, -0.2) is 8.78 Å². The van der Waals surface area contributed by atoms with E-state index in [9.17, 15) is 8.78 Å². The zero-order valence-electron chi connectivity index (χ0n) is 11.8. The second kappa shape index (κ2) is 7.00. The second-order valence-electron chi connectivity index (χ2n) is 4.51. The third kappa shape index (κ3) is 3.41. The molecule has 0 radical (unpaired) electrons. The molecule has 1 N–H and O–H groups in total. The Kier molecular flexibility index (Phi) is 5.31. The molecule has 0 aliphatic carbocycles. The van der Waals surface area contributed by atoms with Gasteiger partial charge >= 0.3 is 0 Å². The number of methoxy groups -OCH3 is 1. The van der Waals surface area contributed by atoms with Gasteiger partial charge in [0.15, 0.2) is 0 Å². The molecule has 2 rings (SSSR count). The van der Waals surface area contributed by atoms with Crippen LogP contribution in [0.2, 0.25) is 0 Å². The molecule has 0 heterocycles. The highest BCUT2D eigenvalue weighted by Crippen LogP contribution is 2.33. The quantitative estimate of drug-likeness (QED) is 0.856. The van der Waals surface area contributed by atoms with Crippen LogP contribution in [0, 0.1) is 11.6 Å². The van der Waals surface area contributed by atoms with Gasteiger partial charge in [0.2, 0.25) is 0 Å². The number of hydrogen-bond donors (Lipinski definition) is 1. The SMILES string of the molecule is CCNC(c1ccc(OC)cc1Br)c1c(F)cccc1F. The summed E-state index contributed by atoms with van der Waals surface area (Å²) in [5, 5.41) is 3.12. The third-order valence-electron chi connectivity index (χ3n) is 3.22. The van der Waals surface area contributed by atoms with Crippen LogP contribution in [-0.4, -0.2) is 13.7 Å². The minimum atomic E-state index is -0.573. The van der Waals surface area contributed by atoms with E-state index in [4.69, 9.17) is 4.74 Å². The van der Waals surface area contributed by atoms with Crippen LogP contribution in [0.25, 0.3) is 0 Å². The zero-order chi connectivity index (χ0) is 15.4. The van der Waals surface area contributed by atoms with E-state index in [-0.39, 0.29) is 5.56 Å². The molecule has 2 aromatic rings. The molecule has 1 unspecified atom stereocenters. The molecule has 2 aromatic carbocycles. The summed E-state index contributed by atoms with van der Waals surface area (Å²) >= 11 is 3.44. The van der Waals surface area contributed by atoms with Gasteiger partial charge in [0.05, 0.1) is 13.2 Å². The highest BCUT2D eigenvalue weighted by molar-refractivity contribution is 9.10. The van der Waals surface area contributed by atoms with Crippen molar-refractivity contribution in [2.75, 3.05) is 13.7 Å². The van der Waals surface area contributed by atoms with Crippen molar-refractivity contribution < 1.29 is 13.5 Å². The van der Waals surface area contributed by atoms with Crippen molar-refractivity contribution in [3.05, 3.63) is 63.6 Å². The van der Waals surface area contributed by atoms with Crippen molar-refractivity contribution in [2.24, 2.45) is 0 Å². The lowest BCUT2D eigenvalue weighted by Crippen LogP contribution is -2.24. The average Bonchev–Trinajstić information content (AvgIpc) is 2.46. The van der Waals surface area contributed by atoms with Crippen LogP contribution in [0.3, 0.4) is 0 Å². The first-order valence-electron chi connectivity index (χ1n) is 6.59. The molecule has 0 aliphatic rings. The summed E-state index contributed by atoms with van der Waals surface area (Å²) in [6, 6.07) is 8.65. The Balaban J connectivity index is 2.53. The average molecular weight is 356 g/mol. The molecule has 0 saturated heterocycles. The number of nitrogens with one attached hydrogen (secondary N) is 1. The van der Waals surface area contributed by atoms with Gasteiger partial charge in [-0.1, -0.05) is 35.0 Å². The predicted molar refractivity (Wildman–Crippen MR) is 82.6 cm³/mol. The Morgan fingerprint density at radius 1 is 1.19 bits per heavy atom. The summed E-state index contributed by atoms with van der Waals surface area (Å²) in [7, 11) is 1.57. The van der Waals surface area contributed by atoms with E-state index < -0.39 is 17.7 Å². The molecule has 112 valence electrons. The van der Waals surface area contributed by atoms with Crippen LogP contribution in [0.5, 0.6) is 5.75 Å². The van der Waals surface area contributed by atoms with Crippen molar-refractivity contribution in [1.29, 1.82) is 0 Å². The molecule has 2 nitrogen and oxygen atoms in total. The lowest BCUT2D eigenvalue weighted by molar-refractivity contribution is 0.414. The Bertz CT molecular complexity index is 613. The third-order valence-corrected chi connectivity index (χ3v) is 3.90. The fraction of sp³-hybridized carbons (Fsp3) is 0.250. The first-order valence-corrected chi connectivity index (χ1v) is 7.38. The van der Waals surface area contributed by atoms with Crippen LogP contribution in [-0.2, 0) is 0 Å². The van der Waals surface area contributed by atoms with E-state index in [0.717, 1.165) is 10.0 Å². The smallest absolute Gasteiger partial charge is 0.131 e. The van der Waals surface area contributed by atoms with Crippen molar-refractivity contribution in [3.8, 4) is 5.75 Å². The predicted octanol–water partition coefficient (Wildman–Crippen LogP) is 4.43. The number of rotatable bonds is 5. The summed E-state index contributed by atoms with van der Waals surface area (Å²) in [6.07, 6.45) is 0. The summed E-state index contributed by atoms with van der Waals surface area (Å²) in [6.45, 7) is 2.47. The zero-order valence-corrected chi connectivity index (χ0v) is 13.4. The molecule has 1 atom stereocenters. The maximum absolute atomic E-state index is 14.1. The fourth-order valence-electron chi connectivity index (χ4n) is 2.23. The van der Waals surface area contributed by atoms with Gasteiger partial charge in [-0.05, 0) is 36.4 Å². The molecule has 0 bridgehead atoms. The van der Waals surface area contributed by atoms with Gasteiger partial charge in [-0.15, -0.1) is 0 Å². The summed E-state index contributed by atoms with van der Waals surface area (Å²) < 4.78 is 34.0. The van der Waals surface area contributed by atoms with Gasteiger partial charge in [0.25, 0.3) is 0 Å². The van der Waals surface area contributed by atoms with E-state index in [2.05, 4.69) is 21.2 Å². The highest BCUT2D eigenvalue weighted by Gasteiger charge is 2.23. The maximum atomic E-state index is 14.1. The van der Waals surface area contributed by atoms with Gasteiger partial charge in [-0.2, -0.15) is 0 Å². The monoisotopic (exact) mass is 355 g/mol. The van der Waals surface area contributed by atoms with Crippen molar-refractivity contribution in [3.63, 3.8) is 0 Å². The van der Waals surface area contributed by atoms with Gasteiger partial charge in [0, 0.05) is 10.0 Å². The Morgan fingerprint density at radius 2 is 1.86 bits per heavy atom. The van der Waals surface area contributed by atoms with Gasteiger partial charge in [0.1, 0.15) is 17.4 Å². The minimum absolute atomic E-state index is 0.0187. The van der Waals surface area contributed by atoms with Crippen molar-refractivity contribution >= 4 is 15.9 Å². The molecule has 0 amide bonds. The fourth-order valence-corrected chi connectivity index (χ4v) is 2.81. The minimum Gasteiger partial charge on any atom is -0.497 e. The van der Waals surface area contributed by atoms with Crippen LogP contribution in [0.1, 0.15) is 24.1 Å². The normalized spacial score (nSPS) is 12.2. The largest absolute Gasteiger partial charge is 0.497 e. The summed E-state index contributed by atoms with van der Waals surface area (Å²) in [4.78, 5) is 0. The molecular formula is C16H16BrF2NO. The number of hydrogen-bond acceptors (Lipinski definition) is 2. The topological polar surface area (TPSA) is 21.3 Å². The first kappa shape index (κ1) is 15.9. The van der Waals surface area contributed by atoms with Gasteiger partial charge in [-0.3, -0.25) is 0 Å². The van der Waals surface area contributed by atoms with Crippen LogP contribution in [0.15, 0.2) is 40.9 Å². The Morgan fingerprint density at radius 3 is 2.38 bits per heavy atom. The Hall–Kier alpha value is -1.46. The molecule has 0 fully saturated rings. The number of ether oxygens (including phenoxy) is 1. The first-order chi connectivity index (χ1) is 10.1. The lowest BCUT2D eigenvalue weighted by Gasteiger charge is -2.21. The van der Waals surface area contributed by atoms with E-state index in [1.807, 2.05) is 6.92 Å². The standard InChI is InChI=1S/C16H16BrF2NO/c1-3-20-16(15-13(18)5-4-6-14(15)19)11-8-7-10(21-2)9-12(11)17/h4-9,16,20H,3H2,1-2H3. The molecule has 0 saturated carbocycles. The van der Waals surface area contributed by atoms with Crippen LogP contribution < -0.4 is 10.1 Å². The molecule has 5 heteroatoms. The van der Waals surface area contributed by atoms with E-state index in [0.29, 0.717) is 12.3 Å². The summed E-state index contributed by atoms with van der Waals surface area (Å²) in [5.74, 6) is -0.456. The number of halogens is 3. The second-order valence-corrected chi connectivity index (χ2v) is 5.37.